The number of hydrogen-bond acceptors (Lipinski definition) is 4. The maximum absolute atomic E-state index is 13.7. The van der Waals surface area contributed by atoms with Crippen molar-refractivity contribution < 1.29 is 14.3 Å². The van der Waals surface area contributed by atoms with Gasteiger partial charge in [0.25, 0.3) is 0 Å². The molecule has 0 unspecified atom stereocenters. The van der Waals surface area contributed by atoms with E-state index in [0.717, 1.165) is 30.6 Å². The van der Waals surface area contributed by atoms with Crippen LogP contribution in [0.1, 0.15) is 60.2 Å². The lowest BCUT2D eigenvalue weighted by atomic mass is 10.00. The molecule has 0 radical (unpaired) electrons. The number of nitrogens with zero attached hydrogens (tertiary/aromatic N) is 2. The molecular weight excluding hydrogens is 480 g/mol. The van der Waals surface area contributed by atoms with Crippen LogP contribution in [0.5, 0.6) is 5.75 Å². The summed E-state index contributed by atoms with van der Waals surface area (Å²) < 4.78 is 6.22. The molecule has 1 aromatic heterocycles. The van der Waals surface area contributed by atoms with Crippen molar-refractivity contribution in [2.45, 2.75) is 51.5 Å². The minimum absolute atomic E-state index is 0.00247. The molecule has 3 aromatic rings. The van der Waals surface area contributed by atoms with E-state index in [1.54, 1.807) is 16.2 Å². The minimum atomic E-state index is -0.153. The second-order valence-electron chi connectivity index (χ2n) is 10.6. The number of amides is 2. The van der Waals surface area contributed by atoms with Gasteiger partial charge in [-0.3, -0.25) is 9.59 Å². The molecule has 2 amide bonds. The van der Waals surface area contributed by atoms with Crippen molar-refractivity contribution in [3.63, 3.8) is 0 Å². The molecule has 0 spiro atoms. The van der Waals surface area contributed by atoms with Crippen molar-refractivity contribution in [2.24, 2.45) is 5.92 Å². The van der Waals surface area contributed by atoms with Crippen LogP contribution >= 0.6 is 11.3 Å². The second-order valence-corrected chi connectivity index (χ2v) is 11.6. The zero-order valence-electron chi connectivity index (χ0n) is 21.8. The van der Waals surface area contributed by atoms with Crippen LogP contribution in [0, 0.1) is 5.92 Å². The molecule has 0 saturated heterocycles. The van der Waals surface area contributed by atoms with Crippen LogP contribution in [0.4, 0.5) is 0 Å². The number of benzene rings is 2. The highest BCUT2D eigenvalue weighted by Gasteiger charge is 2.35. The zero-order valence-corrected chi connectivity index (χ0v) is 22.6. The Morgan fingerprint density at radius 2 is 1.81 bits per heavy atom. The van der Waals surface area contributed by atoms with Crippen LogP contribution < -0.4 is 4.74 Å². The average molecular weight is 517 g/mol. The van der Waals surface area contributed by atoms with Crippen LogP contribution in [0.3, 0.4) is 0 Å². The van der Waals surface area contributed by atoms with E-state index in [-0.39, 0.29) is 24.4 Å². The summed E-state index contributed by atoms with van der Waals surface area (Å²) in [7, 11) is 0. The SMILES string of the molecule is CC(C)c1ccc(OC[C@H]2c3ccsc3CCN2C(=O)CN(CC2CC2)C(=O)Cc2ccccc2)cc1. The van der Waals surface area contributed by atoms with E-state index in [4.69, 9.17) is 4.74 Å². The fourth-order valence-electron chi connectivity index (χ4n) is 5.00. The molecule has 5 rings (SSSR count). The minimum Gasteiger partial charge on any atom is -0.491 e. The molecule has 37 heavy (non-hydrogen) atoms. The summed E-state index contributed by atoms with van der Waals surface area (Å²) in [4.78, 5) is 32.0. The molecule has 1 aliphatic carbocycles. The summed E-state index contributed by atoms with van der Waals surface area (Å²) in [5.41, 5.74) is 3.43. The van der Waals surface area contributed by atoms with Crippen LogP contribution in [0.15, 0.2) is 66.0 Å². The second kappa shape index (κ2) is 11.5. The molecule has 1 fully saturated rings. The van der Waals surface area contributed by atoms with E-state index in [2.05, 4.69) is 37.4 Å². The third kappa shape index (κ3) is 6.42. The first-order chi connectivity index (χ1) is 18.0. The Labute approximate surface area is 224 Å². The van der Waals surface area contributed by atoms with Crippen molar-refractivity contribution >= 4 is 23.2 Å². The highest BCUT2D eigenvalue weighted by molar-refractivity contribution is 7.10. The number of fused-ring (bicyclic) bond motifs is 1. The lowest BCUT2D eigenvalue weighted by molar-refractivity contribution is -0.142. The highest BCUT2D eigenvalue weighted by atomic mass is 32.1. The summed E-state index contributed by atoms with van der Waals surface area (Å²) in [5.74, 6) is 1.83. The van der Waals surface area contributed by atoms with Gasteiger partial charge >= 0.3 is 0 Å². The van der Waals surface area contributed by atoms with Crippen molar-refractivity contribution in [1.29, 1.82) is 0 Å². The zero-order chi connectivity index (χ0) is 25.8. The van der Waals surface area contributed by atoms with Crippen LogP contribution in [0.25, 0.3) is 0 Å². The number of thiophene rings is 1. The maximum atomic E-state index is 13.7. The van der Waals surface area contributed by atoms with Gasteiger partial charge in [-0.15, -0.1) is 11.3 Å². The van der Waals surface area contributed by atoms with E-state index in [1.807, 2.05) is 47.4 Å². The molecule has 0 bridgehead atoms. The number of rotatable bonds is 10. The van der Waals surface area contributed by atoms with E-state index < -0.39 is 0 Å². The number of ether oxygens (including phenoxy) is 1. The van der Waals surface area contributed by atoms with Gasteiger partial charge in [0, 0.05) is 18.0 Å². The Bertz CT molecular complexity index is 1200. The quantitative estimate of drug-likeness (QED) is 0.339. The lowest BCUT2D eigenvalue weighted by Crippen LogP contribution is -2.48. The Hall–Kier alpha value is -3.12. The molecule has 2 aromatic carbocycles. The topological polar surface area (TPSA) is 49.9 Å². The lowest BCUT2D eigenvalue weighted by Gasteiger charge is -2.37. The van der Waals surface area contributed by atoms with Gasteiger partial charge in [-0.05, 0) is 71.4 Å². The molecule has 2 heterocycles. The normalized spacial score (nSPS) is 16.9. The fourth-order valence-corrected chi connectivity index (χ4v) is 5.93. The molecule has 2 aliphatic rings. The predicted octanol–water partition coefficient (Wildman–Crippen LogP) is 5.86. The summed E-state index contributed by atoms with van der Waals surface area (Å²) >= 11 is 1.75. The Balaban J connectivity index is 1.29. The van der Waals surface area contributed by atoms with E-state index in [1.165, 1.54) is 16.0 Å². The van der Waals surface area contributed by atoms with Gasteiger partial charge in [0.05, 0.1) is 19.0 Å². The molecule has 194 valence electrons. The summed E-state index contributed by atoms with van der Waals surface area (Å²) in [6.45, 7) is 6.20. The van der Waals surface area contributed by atoms with Crippen molar-refractivity contribution in [3.8, 4) is 5.75 Å². The third-order valence-corrected chi connectivity index (χ3v) is 8.42. The molecule has 1 aliphatic heterocycles. The van der Waals surface area contributed by atoms with Crippen molar-refractivity contribution in [3.05, 3.63) is 87.6 Å². The van der Waals surface area contributed by atoms with Gasteiger partial charge in [0.2, 0.25) is 11.8 Å². The molecule has 1 atom stereocenters. The molecule has 0 N–H and O–H groups in total. The summed E-state index contributed by atoms with van der Waals surface area (Å²) in [6.07, 6.45) is 3.45. The van der Waals surface area contributed by atoms with Gasteiger partial charge in [-0.1, -0.05) is 56.3 Å². The van der Waals surface area contributed by atoms with Gasteiger partial charge in [0.15, 0.2) is 0 Å². The van der Waals surface area contributed by atoms with Crippen LogP contribution in [0.2, 0.25) is 0 Å². The van der Waals surface area contributed by atoms with Crippen LogP contribution in [-0.4, -0.2) is 47.9 Å². The van der Waals surface area contributed by atoms with E-state index in [0.29, 0.717) is 38.0 Å². The molecular formula is C31H36N2O3S. The number of carbonyl (C=O) groups is 2. The Morgan fingerprint density at radius 1 is 1.05 bits per heavy atom. The van der Waals surface area contributed by atoms with Gasteiger partial charge in [0.1, 0.15) is 12.4 Å². The highest BCUT2D eigenvalue weighted by Crippen LogP contribution is 2.35. The smallest absolute Gasteiger partial charge is 0.242 e. The van der Waals surface area contributed by atoms with Crippen LogP contribution in [-0.2, 0) is 22.4 Å². The first kappa shape index (κ1) is 25.5. The largest absolute Gasteiger partial charge is 0.491 e. The average Bonchev–Trinajstić information content (AvgIpc) is 3.59. The first-order valence-corrected chi connectivity index (χ1v) is 14.3. The monoisotopic (exact) mass is 516 g/mol. The summed E-state index contributed by atoms with van der Waals surface area (Å²) in [5, 5.41) is 2.10. The van der Waals surface area contributed by atoms with E-state index in [9.17, 15) is 9.59 Å². The summed E-state index contributed by atoms with van der Waals surface area (Å²) in [6, 6.07) is 20.0. The van der Waals surface area contributed by atoms with E-state index >= 15 is 0 Å². The van der Waals surface area contributed by atoms with Gasteiger partial charge in [-0.2, -0.15) is 0 Å². The number of carbonyl (C=O) groups excluding carboxylic acids is 2. The molecule has 5 nitrogen and oxygen atoms in total. The number of hydrogen-bond donors (Lipinski definition) is 0. The third-order valence-electron chi connectivity index (χ3n) is 7.42. The van der Waals surface area contributed by atoms with Gasteiger partial charge < -0.3 is 14.5 Å². The van der Waals surface area contributed by atoms with Gasteiger partial charge in [-0.25, -0.2) is 0 Å². The van der Waals surface area contributed by atoms with Crippen molar-refractivity contribution in [1.82, 2.24) is 9.80 Å². The molecule has 6 heteroatoms. The Morgan fingerprint density at radius 3 is 2.51 bits per heavy atom. The Kier molecular flexibility index (Phi) is 7.94. The predicted molar refractivity (Wildman–Crippen MR) is 148 cm³/mol. The first-order valence-electron chi connectivity index (χ1n) is 13.4. The fraction of sp³-hybridized carbons (Fsp3) is 0.419. The standard InChI is InChI=1S/C31H36N2O3S/c1-22(2)25-10-12-26(13-11-25)36-21-28-27-15-17-37-29(27)14-16-33(28)31(35)20-32(19-24-8-9-24)30(34)18-23-6-4-3-5-7-23/h3-7,10-13,15,17,22,24,28H,8-9,14,16,18-21H2,1-2H3/t28-/m0/s1. The molecule has 1 saturated carbocycles. The maximum Gasteiger partial charge on any atom is 0.242 e. The van der Waals surface area contributed by atoms with Crippen molar-refractivity contribution in [2.75, 3.05) is 26.2 Å².